The largest absolute Gasteiger partial charge is 0.468 e. The van der Waals surface area contributed by atoms with E-state index in [1.165, 1.54) is 19.2 Å². The average Bonchev–Trinajstić information content (AvgIpc) is 2.74. The molecule has 8 heteroatoms. The summed E-state index contributed by atoms with van der Waals surface area (Å²) >= 11 is 6.65. The summed E-state index contributed by atoms with van der Waals surface area (Å²) in [4.78, 5) is 11.6. The summed E-state index contributed by atoms with van der Waals surface area (Å²) in [6, 6.07) is 2.01. The maximum Gasteiger partial charge on any atom is 0.323 e. The fraction of sp³-hybridized carbons (Fsp3) is 0.545. The van der Waals surface area contributed by atoms with Gasteiger partial charge in [0.15, 0.2) is 0 Å². The molecule has 1 heterocycles. The van der Waals surface area contributed by atoms with Crippen molar-refractivity contribution in [1.29, 1.82) is 0 Å². The molecule has 0 aliphatic heterocycles. The van der Waals surface area contributed by atoms with Crippen LogP contribution in [0.3, 0.4) is 0 Å². The molecule has 0 bridgehead atoms. The third-order valence-electron chi connectivity index (χ3n) is 2.30. The van der Waals surface area contributed by atoms with Crippen molar-refractivity contribution < 1.29 is 17.9 Å². The molecule has 5 nitrogen and oxygen atoms in total. The van der Waals surface area contributed by atoms with E-state index in [1.54, 1.807) is 0 Å². The second-order valence-corrected chi connectivity index (χ2v) is 8.04. The lowest BCUT2D eigenvalue weighted by Gasteiger charge is -2.17. The van der Waals surface area contributed by atoms with E-state index in [2.05, 4.69) is 9.46 Å². The Labute approximate surface area is 122 Å². The second-order valence-electron chi connectivity index (χ2n) is 4.39. The van der Waals surface area contributed by atoms with Gasteiger partial charge in [-0.2, -0.15) is 4.72 Å². The van der Waals surface area contributed by atoms with Crippen LogP contribution in [0.1, 0.15) is 20.3 Å². The van der Waals surface area contributed by atoms with Crippen LogP contribution in [0.15, 0.2) is 16.3 Å². The van der Waals surface area contributed by atoms with Crippen LogP contribution in [-0.4, -0.2) is 27.5 Å². The van der Waals surface area contributed by atoms with Crippen LogP contribution >= 0.6 is 22.9 Å². The molecule has 0 radical (unpaired) electrons. The van der Waals surface area contributed by atoms with Gasteiger partial charge in [0, 0.05) is 0 Å². The number of rotatable bonds is 6. The van der Waals surface area contributed by atoms with Gasteiger partial charge < -0.3 is 4.74 Å². The molecular formula is C11H16ClNO4S2. The van der Waals surface area contributed by atoms with Gasteiger partial charge in [0.25, 0.3) is 10.0 Å². The van der Waals surface area contributed by atoms with Gasteiger partial charge in [-0.25, -0.2) is 8.42 Å². The van der Waals surface area contributed by atoms with Crippen molar-refractivity contribution in [2.24, 2.45) is 5.92 Å². The molecule has 0 aliphatic rings. The molecule has 0 saturated heterocycles. The van der Waals surface area contributed by atoms with Crippen molar-refractivity contribution >= 4 is 38.9 Å². The topological polar surface area (TPSA) is 72.5 Å². The Balaban J connectivity index is 2.92. The lowest BCUT2D eigenvalue weighted by molar-refractivity contribution is -0.143. The molecule has 1 aromatic rings. The third kappa shape index (κ3) is 4.76. The van der Waals surface area contributed by atoms with Crippen LogP contribution in [0.5, 0.6) is 0 Å². The van der Waals surface area contributed by atoms with Crippen LogP contribution in [0.25, 0.3) is 0 Å². The number of thiophene rings is 1. The molecule has 0 aromatic carbocycles. The minimum absolute atomic E-state index is 0.0789. The molecule has 0 saturated carbocycles. The maximum absolute atomic E-state index is 12.1. The highest BCUT2D eigenvalue weighted by Crippen LogP contribution is 2.25. The minimum Gasteiger partial charge on any atom is -0.468 e. The quantitative estimate of drug-likeness (QED) is 0.814. The zero-order chi connectivity index (χ0) is 14.6. The number of ether oxygens (including phenoxy) is 1. The molecule has 0 amide bonds. The van der Waals surface area contributed by atoms with Crippen molar-refractivity contribution in [3.63, 3.8) is 0 Å². The van der Waals surface area contributed by atoms with Crippen LogP contribution in [-0.2, 0) is 19.6 Å². The Hall–Kier alpha value is -0.630. The molecule has 0 spiro atoms. The van der Waals surface area contributed by atoms with E-state index in [-0.39, 0.29) is 10.1 Å². The predicted molar refractivity (Wildman–Crippen MR) is 74.9 cm³/mol. The first-order chi connectivity index (χ1) is 8.76. The summed E-state index contributed by atoms with van der Waals surface area (Å²) in [5.74, 6) is -0.446. The van der Waals surface area contributed by atoms with E-state index in [4.69, 9.17) is 11.6 Å². The number of nitrogens with one attached hydrogen (secondary N) is 1. The molecule has 1 atom stereocenters. The second kappa shape index (κ2) is 6.69. The maximum atomic E-state index is 12.1. The lowest BCUT2D eigenvalue weighted by atomic mass is 10.1. The number of sulfonamides is 1. The van der Waals surface area contributed by atoms with Gasteiger partial charge >= 0.3 is 5.97 Å². The van der Waals surface area contributed by atoms with E-state index in [9.17, 15) is 13.2 Å². The number of hydrogen-bond acceptors (Lipinski definition) is 5. The molecule has 0 aliphatic carbocycles. The molecule has 1 unspecified atom stereocenters. The summed E-state index contributed by atoms with van der Waals surface area (Å²) in [6.45, 7) is 3.79. The Kier molecular flexibility index (Phi) is 5.79. The Morgan fingerprint density at radius 3 is 2.53 bits per heavy atom. The Bertz CT molecular complexity index is 539. The van der Waals surface area contributed by atoms with Crippen molar-refractivity contribution in [2.75, 3.05) is 7.11 Å². The number of carbonyl (C=O) groups is 1. The first-order valence-electron chi connectivity index (χ1n) is 5.61. The van der Waals surface area contributed by atoms with E-state index < -0.39 is 22.0 Å². The van der Waals surface area contributed by atoms with E-state index >= 15 is 0 Å². The SMILES string of the molecule is COC(=O)C(CC(C)C)NS(=O)(=O)c1ccc(Cl)s1. The van der Waals surface area contributed by atoms with Gasteiger partial charge in [0.1, 0.15) is 10.3 Å². The fourth-order valence-electron chi connectivity index (χ4n) is 1.49. The summed E-state index contributed by atoms with van der Waals surface area (Å²) in [7, 11) is -2.53. The summed E-state index contributed by atoms with van der Waals surface area (Å²) in [5.41, 5.74) is 0. The monoisotopic (exact) mass is 325 g/mol. The van der Waals surface area contributed by atoms with Crippen LogP contribution in [0.2, 0.25) is 4.34 Å². The van der Waals surface area contributed by atoms with Gasteiger partial charge in [-0.3, -0.25) is 4.79 Å². The van der Waals surface area contributed by atoms with Crippen molar-refractivity contribution in [1.82, 2.24) is 4.72 Å². The molecule has 1 rings (SSSR count). The lowest BCUT2D eigenvalue weighted by Crippen LogP contribution is -2.42. The number of hydrogen-bond donors (Lipinski definition) is 1. The summed E-state index contributed by atoms with van der Waals surface area (Å²) in [5, 5.41) is 0. The van der Waals surface area contributed by atoms with E-state index in [0.29, 0.717) is 10.8 Å². The molecule has 19 heavy (non-hydrogen) atoms. The van der Waals surface area contributed by atoms with Gasteiger partial charge in [-0.15, -0.1) is 11.3 Å². The number of esters is 1. The zero-order valence-corrected chi connectivity index (χ0v) is 13.2. The van der Waals surface area contributed by atoms with Gasteiger partial charge in [0.05, 0.1) is 11.4 Å². The molecular weight excluding hydrogens is 310 g/mol. The smallest absolute Gasteiger partial charge is 0.323 e. The van der Waals surface area contributed by atoms with Crippen molar-refractivity contribution in [3.8, 4) is 0 Å². The van der Waals surface area contributed by atoms with Crippen molar-refractivity contribution in [3.05, 3.63) is 16.5 Å². The average molecular weight is 326 g/mol. The van der Waals surface area contributed by atoms with Crippen LogP contribution < -0.4 is 4.72 Å². The molecule has 0 fully saturated rings. The molecule has 1 aromatic heterocycles. The highest BCUT2D eigenvalue weighted by atomic mass is 35.5. The zero-order valence-electron chi connectivity index (χ0n) is 10.8. The van der Waals surface area contributed by atoms with Crippen LogP contribution in [0, 0.1) is 5.92 Å². The normalized spacial score (nSPS) is 13.5. The molecule has 108 valence electrons. The number of carbonyl (C=O) groups excluding carboxylic acids is 1. The first kappa shape index (κ1) is 16.4. The van der Waals surface area contributed by atoms with Gasteiger partial charge in [-0.1, -0.05) is 25.4 Å². The summed E-state index contributed by atoms with van der Waals surface area (Å²) < 4.78 is 31.6. The van der Waals surface area contributed by atoms with Gasteiger partial charge in [-0.05, 0) is 24.5 Å². The Morgan fingerprint density at radius 1 is 1.47 bits per heavy atom. The summed E-state index contributed by atoms with van der Waals surface area (Å²) in [6.07, 6.45) is 0.366. The third-order valence-corrected chi connectivity index (χ3v) is 5.50. The minimum atomic E-state index is -3.76. The van der Waals surface area contributed by atoms with Crippen molar-refractivity contribution in [2.45, 2.75) is 30.5 Å². The highest BCUT2D eigenvalue weighted by Gasteiger charge is 2.28. The molecule has 1 N–H and O–H groups in total. The number of methoxy groups -OCH3 is 1. The van der Waals surface area contributed by atoms with E-state index in [0.717, 1.165) is 11.3 Å². The van der Waals surface area contributed by atoms with E-state index in [1.807, 2.05) is 13.8 Å². The van der Waals surface area contributed by atoms with Crippen LogP contribution in [0.4, 0.5) is 0 Å². The highest BCUT2D eigenvalue weighted by molar-refractivity contribution is 7.91. The first-order valence-corrected chi connectivity index (χ1v) is 8.29. The van der Waals surface area contributed by atoms with Gasteiger partial charge in [0.2, 0.25) is 0 Å². The predicted octanol–water partition coefficient (Wildman–Crippen LogP) is 2.27. The standard InChI is InChI=1S/C11H16ClNO4S2/c1-7(2)6-8(11(14)17-3)13-19(15,16)10-5-4-9(12)18-10/h4-5,7-8,13H,6H2,1-3H3. The fourth-order valence-corrected chi connectivity index (χ4v) is 4.19. The Morgan fingerprint density at radius 2 is 2.11 bits per heavy atom. The number of halogens is 1.